The minimum Gasteiger partial charge on any atom is -0.463 e. The van der Waals surface area contributed by atoms with Gasteiger partial charge in [-0.2, -0.15) is 0 Å². The van der Waals surface area contributed by atoms with Gasteiger partial charge in [-0.15, -0.1) is 0 Å². The number of unbranched alkanes of at least 4 members (excludes halogenated alkanes) is 15. The van der Waals surface area contributed by atoms with Crippen molar-refractivity contribution in [2.45, 2.75) is 116 Å². The third-order valence-corrected chi connectivity index (χ3v) is 6.81. The van der Waals surface area contributed by atoms with Gasteiger partial charge in [-0.05, 0) is 18.6 Å². The Morgan fingerprint density at radius 2 is 1.05 bits per heavy atom. The molecule has 0 aliphatic heterocycles. The lowest BCUT2D eigenvalue weighted by Gasteiger charge is -2.23. The average molecular weight is 548 g/mol. The van der Waals surface area contributed by atoms with Crippen LogP contribution in [-0.2, 0) is 18.9 Å². The minimum absolute atomic E-state index is 0.202. The Balaban J connectivity index is 3.58. The summed E-state index contributed by atoms with van der Waals surface area (Å²) in [6.07, 6.45) is 21.8. The maximum Gasteiger partial charge on any atom is 0.256 e. The molecule has 1 atom stereocenters. The molecule has 0 fully saturated rings. The molecule has 0 aromatic heterocycles. The molecule has 0 amide bonds. The number of nitrogens with zero attached hydrogens (tertiary/aromatic N) is 1. The smallest absolute Gasteiger partial charge is 0.256 e. The van der Waals surface area contributed by atoms with Crippen LogP contribution in [0, 0.1) is 0 Å². The molecule has 0 radical (unpaired) electrons. The van der Waals surface area contributed by atoms with Crippen LogP contribution in [0.25, 0.3) is 0 Å². The summed E-state index contributed by atoms with van der Waals surface area (Å²) in [4.78, 5) is 0. The number of hydrogen-bond acceptors (Lipinski definition) is 5. The predicted molar refractivity (Wildman–Crippen MR) is 161 cm³/mol. The molecule has 0 aromatic carbocycles. The Labute approximate surface area is 236 Å². The molecule has 0 saturated heterocycles. The fourth-order valence-corrected chi connectivity index (χ4v) is 4.20. The molecular weight excluding hydrogens is 484 g/mol. The van der Waals surface area contributed by atoms with Crippen molar-refractivity contribution in [2.24, 2.45) is 0 Å². The van der Waals surface area contributed by atoms with E-state index in [9.17, 15) is 0 Å². The standard InChI is InChI=1S/C30H62N2O4S/c1-6-7-8-9-10-11-12-13-14-15-16-17-18-19-20-21-23-34-27-29(36-30(37)31-2)28-35-26-25-33-24-22-32(3,4)5/h29H,6-28H2,1-5H3/p+1. The van der Waals surface area contributed by atoms with Crippen LogP contribution in [0.5, 0.6) is 0 Å². The van der Waals surface area contributed by atoms with Crippen molar-refractivity contribution >= 4 is 17.4 Å². The molecule has 0 saturated carbocycles. The average Bonchev–Trinajstić information content (AvgIpc) is 2.86. The number of ether oxygens (including phenoxy) is 4. The zero-order valence-corrected chi connectivity index (χ0v) is 26.1. The van der Waals surface area contributed by atoms with Gasteiger partial charge in [-0.1, -0.05) is 103 Å². The van der Waals surface area contributed by atoms with Crippen LogP contribution in [0.4, 0.5) is 0 Å². The van der Waals surface area contributed by atoms with Crippen LogP contribution >= 0.6 is 12.2 Å². The van der Waals surface area contributed by atoms with Gasteiger partial charge in [0.25, 0.3) is 5.17 Å². The van der Waals surface area contributed by atoms with Crippen molar-refractivity contribution < 1.29 is 23.4 Å². The first-order valence-corrected chi connectivity index (χ1v) is 15.7. The SMILES string of the molecule is CCCCCCCCCCCCCCCCCCOCC(COCCOCC[N+](C)(C)C)OC(=S)NC. The summed E-state index contributed by atoms with van der Waals surface area (Å²) < 4.78 is 23.9. The van der Waals surface area contributed by atoms with Gasteiger partial charge in [0.15, 0.2) is 0 Å². The van der Waals surface area contributed by atoms with Gasteiger partial charge in [-0.25, -0.2) is 0 Å². The fourth-order valence-electron chi connectivity index (χ4n) is 4.07. The minimum atomic E-state index is -0.202. The highest BCUT2D eigenvalue weighted by Crippen LogP contribution is 2.13. The van der Waals surface area contributed by atoms with Crippen molar-refractivity contribution in [2.75, 3.05) is 74.4 Å². The maximum atomic E-state index is 5.87. The second kappa shape index (κ2) is 27.1. The molecule has 0 bridgehead atoms. The van der Waals surface area contributed by atoms with Gasteiger partial charge >= 0.3 is 0 Å². The lowest BCUT2D eigenvalue weighted by molar-refractivity contribution is -0.870. The monoisotopic (exact) mass is 547 g/mol. The summed E-state index contributed by atoms with van der Waals surface area (Å²) in [6, 6.07) is 0. The number of likely N-dealkylation sites (N-methyl/N-ethyl adjacent to an activating group) is 1. The summed E-state index contributed by atoms with van der Waals surface area (Å²) in [6.45, 7) is 6.83. The predicted octanol–water partition coefficient (Wildman–Crippen LogP) is 6.89. The van der Waals surface area contributed by atoms with Gasteiger partial charge in [0.05, 0.1) is 54.2 Å². The Hall–Kier alpha value is -0.470. The number of thiocarbonyl (C=S) groups is 1. The first-order valence-electron chi connectivity index (χ1n) is 15.3. The van der Waals surface area contributed by atoms with Gasteiger partial charge in [0.2, 0.25) is 0 Å². The second-order valence-electron chi connectivity index (χ2n) is 11.4. The molecule has 1 unspecified atom stereocenters. The Morgan fingerprint density at radius 3 is 1.51 bits per heavy atom. The van der Waals surface area contributed by atoms with Crippen LogP contribution in [0.1, 0.15) is 110 Å². The number of nitrogens with one attached hydrogen (secondary N) is 1. The fraction of sp³-hybridized carbons (Fsp3) is 0.967. The van der Waals surface area contributed by atoms with E-state index in [-0.39, 0.29) is 6.10 Å². The molecule has 222 valence electrons. The molecule has 0 aliphatic carbocycles. The van der Waals surface area contributed by atoms with E-state index in [0.29, 0.717) is 31.6 Å². The van der Waals surface area contributed by atoms with Crippen LogP contribution in [0.2, 0.25) is 0 Å². The van der Waals surface area contributed by atoms with Crippen molar-refractivity contribution in [3.8, 4) is 0 Å². The largest absolute Gasteiger partial charge is 0.463 e. The van der Waals surface area contributed by atoms with Gasteiger partial charge in [-0.3, -0.25) is 0 Å². The summed E-state index contributed by atoms with van der Waals surface area (Å²) >= 11 is 5.16. The third kappa shape index (κ3) is 29.9. The molecule has 0 rings (SSSR count). The highest BCUT2D eigenvalue weighted by atomic mass is 32.1. The summed E-state index contributed by atoms with van der Waals surface area (Å²) in [5.74, 6) is 0. The van der Waals surface area contributed by atoms with Crippen LogP contribution in [0.15, 0.2) is 0 Å². The summed E-state index contributed by atoms with van der Waals surface area (Å²) in [5.41, 5.74) is 0. The first kappa shape index (κ1) is 36.5. The second-order valence-corrected chi connectivity index (χ2v) is 11.7. The lowest BCUT2D eigenvalue weighted by atomic mass is 10.0. The third-order valence-electron chi connectivity index (χ3n) is 6.51. The van der Waals surface area contributed by atoms with Crippen molar-refractivity contribution in [3.05, 3.63) is 0 Å². The topological polar surface area (TPSA) is 49.0 Å². The van der Waals surface area contributed by atoms with E-state index < -0.39 is 0 Å². The summed E-state index contributed by atoms with van der Waals surface area (Å²) in [7, 11) is 8.24. The quantitative estimate of drug-likeness (QED) is 0.0654. The van der Waals surface area contributed by atoms with Gasteiger partial charge < -0.3 is 28.7 Å². The molecule has 0 heterocycles. The molecular formula is C30H63N2O4S+. The van der Waals surface area contributed by atoms with Crippen molar-refractivity contribution in [3.63, 3.8) is 0 Å². The Morgan fingerprint density at radius 1 is 0.622 bits per heavy atom. The molecule has 37 heavy (non-hydrogen) atoms. The van der Waals surface area contributed by atoms with E-state index in [0.717, 1.165) is 30.7 Å². The van der Waals surface area contributed by atoms with Gasteiger partial charge in [0.1, 0.15) is 12.6 Å². The van der Waals surface area contributed by atoms with Gasteiger partial charge in [0, 0.05) is 13.7 Å². The maximum absolute atomic E-state index is 5.87. The molecule has 6 nitrogen and oxygen atoms in total. The number of quaternary nitrogens is 1. The van der Waals surface area contributed by atoms with Crippen LogP contribution < -0.4 is 5.32 Å². The first-order chi connectivity index (χ1) is 17.9. The molecule has 0 aliphatic rings. The Bertz CT molecular complexity index is 489. The van der Waals surface area contributed by atoms with Crippen LogP contribution in [0.3, 0.4) is 0 Å². The lowest BCUT2D eigenvalue weighted by Crippen LogP contribution is -2.37. The van der Waals surface area contributed by atoms with Crippen LogP contribution in [-0.4, -0.2) is 90.1 Å². The summed E-state index contributed by atoms with van der Waals surface area (Å²) in [5, 5.41) is 3.23. The number of rotatable bonds is 28. The molecule has 1 N–H and O–H groups in total. The van der Waals surface area contributed by atoms with Crippen molar-refractivity contribution in [1.82, 2.24) is 5.32 Å². The Kier molecular flexibility index (Phi) is 26.8. The number of hydrogen-bond donors (Lipinski definition) is 1. The molecule has 0 spiro atoms. The van der Waals surface area contributed by atoms with E-state index in [1.807, 2.05) is 0 Å². The van der Waals surface area contributed by atoms with E-state index in [4.69, 9.17) is 31.2 Å². The molecule has 0 aromatic rings. The van der Waals surface area contributed by atoms with Crippen molar-refractivity contribution in [1.29, 1.82) is 0 Å². The van der Waals surface area contributed by atoms with E-state index >= 15 is 0 Å². The highest BCUT2D eigenvalue weighted by molar-refractivity contribution is 7.80. The molecule has 7 heteroatoms. The zero-order valence-electron chi connectivity index (χ0n) is 25.3. The normalized spacial score (nSPS) is 12.6. The van der Waals surface area contributed by atoms with E-state index in [1.165, 1.54) is 96.3 Å². The zero-order chi connectivity index (χ0) is 27.5. The van der Waals surface area contributed by atoms with E-state index in [2.05, 4.69) is 33.4 Å². The van der Waals surface area contributed by atoms with E-state index in [1.54, 1.807) is 7.05 Å². The highest BCUT2D eigenvalue weighted by Gasteiger charge is 2.13.